The molecule has 6 heteroatoms. The Morgan fingerprint density at radius 2 is 2.40 bits per heavy atom. The van der Waals surface area contributed by atoms with E-state index in [0.29, 0.717) is 18.2 Å². The Labute approximate surface area is 94.0 Å². The van der Waals surface area contributed by atoms with Gasteiger partial charge in [-0.25, -0.2) is 0 Å². The molecule has 0 bridgehead atoms. The Bertz CT molecular complexity index is 248. The van der Waals surface area contributed by atoms with Crippen LogP contribution >= 0.6 is 11.8 Å². The lowest BCUT2D eigenvalue weighted by molar-refractivity contribution is -0.132. The molecule has 1 aliphatic rings. The molecule has 2 amide bonds. The van der Waals surface area contributed by atoms with Gasteiger partial charge in [-0.15, -0.1) is 11.8 Å². The molecular formula is C9H17N3O2S. The summed E-state index contributed by atoms with van der Waals surface area (Å²) in [7, 11) is 1.84. The van der Waals surface area contributed by atoms with E-state index in [9.17, 15) is 9.59 Å². The summed E-state index contributed by atoms with van der Waals surface area (Å²) in [6, 6.07) is 0.248. The van der Waals surface area contributed by atoms with Gasteiger partial charge in [0, 0.05) is 12.6 Å². The van der Waals surface area contributed by atoms with Crippen molar-refractivity contribution in [2.45, 2.75) is 13.0 Å². The SMILES string of the molecule is CNC(C)CNC(=O)CN1CSCC1=O. The molecule has 1 heterocycles. The topological polar surface area (TPSA) is 61.4 Å². The summed E-state index contributed by atoms with van der Waals surface area (Å²) >= 11 is 1.55. The summed E-state index contributed by atoms with van der Waals surface area (Å²) < 4.78 is 0. The van der Waals surface area contributed by atoms with Crippen molar-refractivity contribution in [3.63, 3.8) is 0 Å². The number of hydrogen-bond donors (Lipinski definition) is 2. The first-order valence-electron chi connectivity index (χ1n) is 4.93. The van der Waals surface area contributed by atoms with Crippen molar-refractivity contribution in [2.24, 2.45) is 0 Å². The maximum absolute atomic E-state index is 11.4. The standard InChI is InChI=1S/C9H17N3O2S/c1-7(10-2)3-11-8(13)4-12-6-15-5-9(12)14/h7,10H,3-6H2,1-2H3,(H,11,13). The van der Waals surface area contributed by atoms with Crippen molar-refractivity contribution >= 4 is 23.6 Å². The average Bonchev–Trinajstić information content (AvgIpc) is 2.61. The summed E-state index contributed by atoms with van der Waals surface area (Å²) in [6.07, 6.45) is 0. The van der Waals surface area contributed by atoms with Crippen LogP contribution in [0.4, 0.5) is 0 Å². The number of thioether (sulfide) groups is 1. The fraction of sp³-hybridized carbons (Fsp3) is 0.778. The number of rotatable bonds is 5. The van der Waals surface area contributed by atoms with E-state index in [4.69, 9.17) is 0 Å². The van der Waals surface area contributed by atoms with Gasteiger partial charge in [-0.3, -0.25) is 9.59 Å². The van der Waals surface area contributed by atoms with Crippen LogP contribution in [0.3, 0.4) is 0 Å². The van der Waals surface area contributed by atoms with Gasteiger partial charge in [-0.1, -0.05) is 0 Å². The fourth-order valence-corrected chi connectivity index (χ4v) is 2.04. The van der Waals surface area contributed by atoms with Crippen molar-refractivity contribution in [1.29, 1.82) is 0 Å². The van der Waals surface area contributed by atoms with E-state index >= 15 is 0 Å². The summed E-state index contributed by atoms with van der Waals surface area (Å²) in [4.78, 5) is 24.2. The van der Waals surface area contributed by atoms with E-state index in [0.717, 1.165) is 0 Å². The second-order valence-electron chi connectivity index (χ2n) is 3.56. The maximum Gasteiger partial charge on any atom is 0.239 e. The molecular weight excluding hydrogens is 214 g/mol. The molecule has 1 unspecified atom stereocenters. The average molecular weight is 231 g/mol. The quantitative estimate of drug-likeness (QED) is 0.653. The van der Waals surface area contributed by atoms with Crippen LogP contribution in [0.25, 0.3) is 0 Å². The number of likely N-dealkylation sites (N-methyl/N-ethyl adjacent to an activating group) is 1. The lowest BCUT2D eigenvalue weighted by Gasteiger charge is -2.16. The van der Waals surface area contributed by atoms with Gasteiger partial charge in [0.15, 0.2) is 0 Å². The van der Waals surface area contributed by atoms with Crippen molar-refractivity contribution in [2.75, 3.05) is 31.8 Å². The molecule has 2 N–H and O–H groups in total. The van der Waals surface area contributed by atoms with Gasteiger partial charge in [0.05, 0.1) is 11.6 Å². The smallest absolute Gasteiger partial charge is 0.239 e. The molecule has 0 radical (unpaired) electrons. The predicted octanol–water partition coefficient (Wildman–Crippen LogP) is -0.757. The minimum absolute atomic E-state index is 0.0526. The number of carbonyl (C=O) groups is 2. The molecule has 1 fully saturated rings. The molecule has 0 aliphatic carbocycles. The lowest BCUT2D eigenvalue weighted by atomic mass is 10.3. The normalized spacial score (nSPS) is 18.0. The summed E-state index contributed by atoms with van der Waals surface area (Å²) in [6.45, 7) is 2.75. The van der Waals surface area contributed by atoms with Gasteiger partial charge in [0.2, 0.25) is 11.8 Å². The Morgan fingerprint density at radius 3 is 2.93 bits per heavy atom. The third kappa shape index (κ3) is 4.09. The van der Waals surface area contributed by atoms with Crippen LogP contribution < -0.4 is 10.6 Å². The second kappa shape index (κ2) is 5.97. The van der Waals surface area contributed by atoms with Crippen LogP contribution in [-0.2, 0) is 9.59 Å². The molecule has 0 spiro atoms. The van der Waals surface area contributed by atoms with Crippen LogP contribution in [-0.4, -0.2) is 54.5 Å². The number of hydrogen-bond acceptors (Lipinski definition) is 4. The molecule has 1 atom stereocenters. The number of nitrogens with one attached hydrogen (secondary N) is 2. The Kier molecular flexibility index (Phi) is 4.90. The number of amides is 2. The van der Waals surface area contributed by atoms with E-state index in [1.54, 1.807) is 16.7 Å². The highest BCUT2D eigenvalue weighted by atomic mass is 32.2. The van der Waals surface area contributed by atoms with Crippen molar-refractivity contribution in [1.82, 2.24) is 15.5 Å². The Hall–Kier alpha value is -0.750. The molecule has 0 saturated carbocycles. The minimum atomic E-state index is -0.0899. The minimum Gasteiger partial charge on any atom is -0.353 e. The number of nitrogens with zero attached hydrogens (tertiary/aromatic N) is 1. The third-order valence-corrected chi connectivity index (χ3v) is 3.20. The number of carbonyl (C=O) groups excluding carboxylic acids is 2. The Morgan fingerprint density at radius 1 is 1.67 bits per heavy atom. The van der Waals surface area contributed by atoms with Crippen molar-refractivity contribution in [3.05, 3.63) is 0 Å². The van der Waals surface area contributed by atoms with Gasteiger partial charge in [-0.05, 0) is 14.0 Å². The van der Waals surface area contributed by atoms with E-state index < -0.39 is 0 Å². The van der Waals surface area contributed by atoms with Crippen LogP contribution in [0.15, 0.2) is 0 Å². The van der Waals surface area contributed by atoms with E-state index in [2.05, 4.69) is 10.6 Å². The van der Waals surface area contributed by atoms with Gasteiger partial charge in [-0.2, -0.15) is 0 Å². The Balaban J connectivity index is 2.21. The maximum atomic E-state index is 11.4. The largest absolute Gasteiger partial charge is 0.353 e. The van der Waals surface area contributed by atoms with Gasteiger partial charge >= 0.3 is 0 Å². The molecule has 5 nitrogen and oxygen atoms in total. The van der Waals surface area contributed by atoms with Crippen LogP contribution in [0.1, 0.15) is 6.92 Å². The third-order valence-electron chi connectivity index (χ3n) is 2.26. The monoisotopic (exact) mass is 231 g/mol. The van der Waals surface area contributed by atoms with Gasteiger partial charge in [0.1, 0.15) is 6.54 Å². The highest BCUT2D eigenvalue weighted by Crippen LogP contribution is 2.13. The zero-order valence-corrected chi connectivity index (χ0v) is 9.89. The zero-order chi connectivity index (χ0) is 11.3. The molecule has 1 saturated heterocycles. The lowest BCUT2D eigenvalue weighted by Crippen LogP contribution is -2.42. The van der Waals surface area contributed by atoms with Crippen LogP contribution in [0.5, 0.6) is 0 Å². The van der Waals surface area contributed by atoms with Crippen LogP contribution in [0, 0.1) is 0 Å². The first-order chi connectivity index (χ1) is 7.13. The molecule has 1 rings (SSSR count). The zero-order valence-electron chi connectivity index (χ0n) is 9.08. The molecule has 86 valence electrons. The molecule has 0 aromatic carbocycles. The van der Waals surface area contributed by atoms with Crippen molar-refractivity contribution < 1.29 is 9.59 Å². The molecule has 0 aromatic rings. The highest BCUT2D eigenvalue weighted by molar-refractivity contribution is 8.00. The second-order valence-corrected chi connectivity index (χ2v) is 4.52. The molecule has 0 aromatic heterocycles. The van der Waals surface area contributed by atoms with E-state index in [1.165, 1.54) is 0 Å². The predicted molar refractivity (Wildman–Crippen MR) is 60.6 cm³/mol. The fourth-order valence-electron chi connectivity index (χ4n) is 1.14. The summed E-state index contributed by atoms with van der Waals surface area (Å²) in [5, 5.41) is 5.80. The van der Waals surface area contributed by atoms with Crippen molar-refractivity contribution in [3.8, 4) is 0 Å². The van der Waals surface area contributed by atoms with Crippen LogP contribution in [0.2, 0.25) is 0 Å². The van der Waals surface area contributed by atoms with E-state index in [-0.39, 0.29) is 24.4 Å². The molecule has 15 heavy (non-hydrogen) atoms. The van der Waals surface area contributed by atoms with E-state index in [1.807, 2.05) is 14.0 Å². The van der Waals surface area contributed by atoms with Gasteiger partial charge in [0.25, 0.3) is 0 Å². The highest BCUT2D eigenvalue weighted by Gasteiger charge is 2.22. The summed E-state index contributed by atoms with van der Waals surface area (Å²) in [5.41, 5.74) is 0. The first kappa shape index (κ1) is 12.3. The first-order valence-corrected chi connectivity index (χ1v) is 6.08. The summed E-state index contributed by atoms with van der Waals surface area (Å²) in [5.74, 6) is 1.10. The molecule has 1 aliphatic heterocycles. The van der Waals surface area contributed by atoms with Gasteiger partial charge < -0.3 is 15.5 Å².